The number of sulfonamides is 1. The molecule has 2 N–H and O–H groups in total. The van der Waals surface area contributed by atoms with Crippen molar-refractivity contribution in [1.82, 2.24) is 5.32 Å². The predicted molar refractivity (Wildman–Crippen MR) is 126 cm³/mol. The molecule has 0 heterocycles. The second-order valence-corrected chi connectivity index (χ2v) is 9.22. The molecule has 0 bridgehead atoms. The van der Waals surface area contributed by atoms with E-state index in [0.29, 0.717) is 36.6 Å². The van der Waals surface area contributed by atoms with Crippen LogP contribution in [0.2, 0.25) is 0 Å². The Bertz CT molecular complexity index is 1210. The zero-order valence-corrected chi connectivity index (χ0v) is 19.3. The zero-order chi connectivity index (χ0) is 23.1. The Balaban J connectivity index is 1.77. The third-order valence-electron chi connectivity index (χ3n) is 5.05. The van der Waals surface area contributed by atoms with Crippen molar-refractivity contribution < 1.29 is 17.9 Å². The summed E-state index contributed by atoms with van der Waals surface area (Å²) in [5, 5.41) is 2.90. The van der Waals surface area contributed by atoms with Crippen LogP contribution in [0.4, 0.5) is 5.69 Å². The van der Waals surface area contributed by atoms with Crippen molar-refractivity contribution in [3.63, 3.8) is 0 Å². The van der Waals surface area contributed by atoms with Gasteiger partial charge in [0.2, 0.25) is 0 Å². The predicted octanol–water partition coefficient (Wildman–Crippen LogP) is 4.57. The molecule has 168 valence electrons. The summed E-state index contributed by atoms with van der Waals surface area (Å²) in [6.45, 7) is 7.00. The van der Waals surface area contributed by atoms with Gasteiger partial charge in [-0.15, -0.1) is 0 Å². The van der Waals surface area contributed by atoms with Crippen molar-refractivity contribution >= 4 is 21.6 Å². The lowest BCUT2D eigenvalue weighted by molar-refractivity contribution is 0.0949. The topological polar surface area (TPSA) is 84.5 Å². The molecule has 0 saturated heterocycles. The Morgan fingerprint density at radius 1 is 0.938 bits per heavy atom. The fraction of sp³-hybridized carbons (Fsp3) is 0.240. The van der Waals surface area contributed by atoms with Crippen LogP contribution < -0.4 is 10.0 Å². The van der Waals surface area contributed by atoms with E-state index < -0.39 is 10.0 Å². The lowest BCUT2D eigenvalue weighted by Gasteiger charge is -2.13. The summed E-state index contributed by atoms with van der Waals surface area (Å²) in [4.78, 5) is 12.9. The van der Waals surface area contributed by atoms with Gasteiger partial charge < -0.3 is 10.1 Å². The fourth-order valence-corrected chi connectivity index (χ4v) is 4.36. The molecule has 3 aromatic rings. The standard InChI is InChI=1S/C25H28N2O4S/c1-4-31-17-21-10-6-5-9-20(21)16-26-25(28)24-15-23(13-12-19(24)3)32(29,30)27-22-11-7-8-18(2)14-22/h5-15,27H,4,16-17H2,1-3H3,(H,26,28). The van der Waals surface area contributed by atoms with Gasteiger partial charge >= 0.3 is 0 Å². The van der Waals surface area contributed by atoms with Gasteiger partial charge in [-0.25, -0.2) is 8.42 Å². The average Bonchev–Trinajstić information content (AvgIpc) is 2.76. The summed E-state index contributed by atoms with van der Waals surface area (Å²) in [5.41, 5.74) is 4.39. The van der Waals surface area contributed by atoms with E-state index in [1.54, 1.807) is 31.2 Å². The van der Waals surface area contributed by atoms with Crippen LogP contribution >= 0.6 is 0 Å². The Labute approximate surface area is 189 Å². The average molecular weight is 453 g/mol. The van der Waals surface area contributed by atoms with E-state index in [9.17, 15) is 13.2 Å². The number of carbonyl (C=O) groups is 1. The van der Waals surface area contributed by atoms with Gasteiger partial charge in [0.15, 0.2) is 0 Å². The smallest absolute Gasteiger partial charge is 0.261 e. The molecule has 0 aliphatic rings. The molecule has 0 saturated carbocycles. The van der Waals surface area contributed by atoms with Crippen molar-refractivity contribution in [2.45, 2.75) is 38.8 Å². The van der Waals surface area contributed by atoms with Crippen LogP contribution in [0, 0.1) is 13.8 Å². The number of nitrogens with one attached hydrogen (secondary N) is 2. The molecule has 1 amide bonds. The second-order valence-electron chi connectivity index (χ2n) is 7.54. The Morgan fingerprint density at radius 2 is 1.69 bits per heavy atom. The largest absolute Gasteiger partial charge is 0.377 e. The van der Waals surface area contributed by atoms with Gasteiger partial charge in [-0.05, 0) is 67.3 Å². The van der Waals surface area contributed by atoms with E-state index in [4.69, 9.17) is 4.74 Å². The van der Waals surface area contributed by atoms with Crippen molar-refractivity contribution in [3.8, 4) is 0 Å². The monoisotopic (exact) mass is 452 g/mol. The zero-order valence-electron chi connectivity index (χ0n) is 18.5. The minimum atomic E-state index is -3.83. The highest BCUT2D eigenvalue weighted by Gasteiger charge is 2.18. The van der Waals surface area contributed by atoms with Crippen LogP contribution in [0.15, 0.2) is 71.6 Å². The van der Waals surface area contributed by atoms with E-state index in [2.05, 4.69) is 10.0 Å². The molecule has 0 aromatic heterocycles. The van der Waals surface area contributed by atoms with E-state index in [1.165, 1.54) is 12.1 Å². The van der Waals surface area contributed by atoms with Crippen LogP contribution in [0.25, 0.3) is 0 Å². The summed E-state index contributed by atoms with van der Waals surface area (Å²) >= 11 is 0. The number of hydrogen-bond acceptors (Lipinski definition) is 4. The van der Waals surface area contributed by atoms with Crippen molar-refractivity contribution in [3.05, 3.63) is 94.5 Å². The first-order valence-electron chi connectivity index (χ1n) is 10.4. The van der Waals surface area contributed by atoms with Gasteiger partial charge in [-0.3, -0.25) is 9.52 Å². The summed E-state index contributed by atoms with van der Waals surface area (Å²) in [6, 6.07) is 19.4. The van der Waals surface area contributed by atoms with Gasteiger partial charge in [0.05, 0.1) is 11.5 Å². The van der Waals surface area contributed by atoms with Gasteiger partial charge in [-0.1, -0.05) is 42.5 Å². The molecule has 0 aliphatic carbocycles. The first kappa shape index (κ1) is 23.5. The van der Waals surface area contributed by atoms with Crippen molar-refractivity contribution in [2.24, 2.45) is 0 Å². The van der Waals surface area contributed by atoms with E-state index in [1.807, 2.05) is 44.2 Å². The molecule has 3 rings (SSSR count). The molecule has 6 nitrogen and oxygen atoms in total. The summed E-state index contributed by atoms with van der Waals surface area (Å²) < 4.78 is 33.8. The lowest BCUT2D eigenvalue weighted by Crippen LogP contribution is -2.25. The third kappa shape index (κ3) is 5.96. The number of anilines is 1. The second kappa shape index (κ2) is 10.4. The minimum Gasteiger partial charge on any atom is -0.377 e. The maximum absolute atomic E-state index is 12.9. The summed E-state index contributed by atoms with van der Waals surface area (Å²) in [6.07, 6.45) is 0. The van der Waals surface area contributed by atoms with Gasteiger partial charge in [0.25, 0.3) is 15.9 Å². The maximum Gasteiger partial charge on any atom is 0.261 e. The van der Waals surface area contributed by atoms with Crippen LogP contribution in [0.3, 0.4) is 0 Å². The van der Waals surface area contributed by atoms with Gasteiger partial charge in [0.1, 0.15) is 0 Å². The quantitative estimate of drug-likeness (QED) is 0.498. The number of hydrogen-bond donors (Lipinski definition) is 2. The first-order chi connectivity index (χ1) is 15.3. The first-order valence-corrected chi connectivity index (χ1v) is 11.9. The number of carbonyl (C=O) groups excluding carboxylic acids is 1. The van der Waals surface area contributed by atoms with Crippen LogP contribution in [-0.4, -0.2) is 20.9 Å². The van der Waals surface area contributed by atoms with Gasteiger partial charge in [0, 0.05) is 24.4 Å². The highest BCUT2D eigenvalue weighted by Crippen LogP contribution is 2.20. The van der Waals surface area contributed by atoms with Crippen LogP contribution in [-0.2, 0) is 27.9 Å². The number of ether oxygens (including phenoxy) is 1. The molecular weight excluding hydrogens is 424 g/mol. The molecule has 0 fully saturated rings. The van der Waals surface area contributed by atoms with E-state index in [0.717, 1.165) is 16.7 Å². The third-order valence-corrected chi connectivity index (χ3v) is 6.43. The normalized spacial score (nSPS) is 11.2. The van der Waals surface area contributed by atoms with Gasteiger partial charge in [-0.2, -0.15) is 0 Å². The van der Waals surface area contributed by atoms with Crippen molar-refractivity contribution in [2.75, 3.05) is 11.3 Å². The SMILES string of the molecule is CCOCc1ccccc1CNC(=O)c1cc(S(=O)(=O)Nc2cccc(C)c2)ccc1C. The molecule has 0 atom stereocenters. The Hall–Kier alpha value is -3.16. The Morgan fingerprint density at radius 3 is 2.41 bits per heavy atom. The summed E-state index contributed by atoms with van der Waals surface area (Å²) in [5.74, 6) is -0.332. The molecule has 3 aromatic carbocycles. The van der Waals surface area contributed by atoms with Crippen molar-refractivity contribution in [1.29, 1.82) is 0 Å². The number of amides is 1. The lowest BCUT2D eigenvalue weighted by atomic mass is 10.1. The molecule has 0 aliphatic heterocycles. The van der Waals surface area contributed by atoms with E-state index >= 15 is 0 Å². The maximum atomic E-state index is 12.9. The van der Waals surface area contributed by atoms with E-state index in [-0.39, 0.29) is 10.8 Å². The molecule has 0 spiro atoms. The van der Waals surface area contributed by atoms with Crippen LogP contribution in [0.5, 0.6) is 0 Å². The number of aryl methyl sites for hydroxylation is 2. The van der Waals surface area contributed by atoms with Crippen LogP contribution in [0.1, 0.15) is 39.5 Å². The number of benzene rings is 3. The fourth-order valence-electron chi connectivity index (χ4n) is 3.29. The highest BCUT2D eigenvalue weighted by atomic mass is 32.2. The molecule has 7 heteroatoms. The molecular formula is C25H28N2O4S. The highest BCUT2D eigenvalue weighted by molar-refractivity contribution is 7.92. The number of rotatable bonds is 9. The molecule has 0 radical (unpaired) electrons. The molecule has 32 heavy (non-hydrogen) atoms. The summed E-state index contributed by atoms with van der Waals surface area (Å²) in [7, 11) is -3.83. The molecule has 0 unspecified atom stereocenters. The minimum absolute atomic E-state index is 0.0338. The Kier molecular flexibility index (Phi) is 7.66.